The maximum absolute atomic E-state index is 12.3. The highest BCUT2D eigenvalue weighted by Gasteiger charge is 2.31. The Balaban J connectivity index is 1.90. The van der Waals surface area contributed by atoms with Gasteiger partial charge in [0.15, 0.2) is 5.76 Å². The van der Waals surface area contributed by atoms with Gasteiger partial charge in [-0.2, -0.15) is 0 Å². The number of hydrogen-bond donors (Lipinski definition) is 0. The minimum atomic E-state index is -0.502. The van der Waals surface area contributed by atoms with Crippen molar-refractivity contribution in [2.75, 3.05) is 0 Å². The second kappa shape index (κ2) is 6.13. The Morgan fingerprint density at radius 1 is 1.12 bits per heavy atom. The number of aryl methyl sites for hydroxylation is 1. The Kier molecular flexibility index (Phi) is 4.16. The molecule has 0 saturated carbocycles. The number of allylic oxidation sites excluding steroid dienone is 2. The molecular formula is C19H15ClO4. The predicted octanol–water partition coefficient (Wildman–Crippen LogP) is 4.74. The number of benzene rings is 2. The van der Waals surface area contributed by atoms with E-state index >= 15 is 0 Å². The first-order valence-electron chi connectivity index (χ1n) is 7.39. The van der Waals surface area contributed by atoms with E-state index in [0.717, 1.165) is 5.57 Å². The molecule has 0 amide bonds. The van der Waals surface area contributed by atoms with E-state index in [4.69, 9.17) is 21.1 Å². The van der Waals surface area contributed by atoms with Crippen molar-refractivity contribution in [2.24, 2.45) is 0 Å². The standard InChI is InChI=1S/C19H15ClO4/c1-10(2)18-17(21)16-11(3)8-14(9-15(16)24-18)23-19(22)12-4-6-13(20)7-5-12/h4-9H,1-3H3. The van der Waals surface area contributed by atoms with Crippen LogP contribution in [-0.2, 0) is 0 Å². The van der Waals surface area contributed by atoms with Crippen LogP contribution in [0, 0.1) is 6.92 Å². The molecule has 0 unspecified atom stereocenters. The van der Waals surface area contributed by atoms with Crippen molar-refractivity contribution in [3.8, 4) is 11.5 Å². The Hall–Kier alpha value is -2.59. The zero-order chi connectivity index (χ0) is 17.4. The first kappa shape index (κ1) is 16.3. The minimum absolute atomic E-state index is 0.141. The monoisotopic (exact) mass is 342 g/mol. The van der Waals surface area contributed by atoms with Crippen LogP contribution in [0.2, 0.25) is 5.02 Å². The fourth-order valence-corrected chi connectivity index (χ4v) is 2.63. The highest BCUT2D eigenvalue weighted by Crippen LogP contribution is 2.38. The maximum Gasteiger partial charge on any atom is 0.343 e. The summed E-state index contributed by atoms with van der Waals surface area (Å²) in [7, 11) is 0. The third-order valence-electron chi connectivity index (χ3n) is 3.66. The number of ketones is 1. The number of halogens is 1. The van der Waals surface area contributed by atoms with Crippen LogP contribution in [-0.4, -0.2) is 11.8 Å². The molecule has 4 nitrogen and oxygen atoms in total. The van der Waals surface area contributed by atoms with Gasteiger partial charge in [0.05, 0.1) is 11.1 Å². The second-order valence-electron chi connectivity index (χ2n) is 5.77. The fraction of sp³-hybridized carbons (Fsp3) is 0.158. The molecule has 2 aromatic rings. The molecule has 0 radical (unpaired) electrons. The van der Waals surface area contributed by atoms with Crippen LogP contribution in [0.3, 0.4) is 0 Å². The summed E-state index contributed by atoms with van der Waals surface area (Å²) in [5, 5.41) is 0.543. The van der Waals surface area contributed by atoms with E-state index in [-0.39, 0.29) is 5.78 Å². The molecule has 0 aliphatic carbocycles. The normalized spacial score (nSPS) is 12.7. The molecule has 1 heterocycles. The minimum Gasteiger partial charge on any atom is -0.452 e. The molecule has 0 aromatic heterocycles. The topological polar surface area (TPSA) is 52.6 Å². The molecule has 0 fully saturated rings. The summed E-state index contributed by atoms with van der Waals surface area (Å²) in [5.74, 6) is 0.425. The average Bonchev–Trinajstić information content (AvgIpc) is 2.85. The molecule has 0 atom stereocenters. The van der Waals surface area contributed by atoms with Crippen molar-refractivity contribution in [3.05, 3.63) is 69.4 Å². The van der Waals surface area contributed by atoms with Gasteiger partial charge in [-0.05, 0) is 62.2 Å². The molecule has 3 rings (SSSR count). The van der Waals surface area contributed by atoms with Crippen molar-refractivity contribution >= 4 is 23.4 Å². The zero-order valence-electron chi connectivity index (χ0n) is 13.5. The summed E-state index contributed by atoms with van der Waals surface area (Å²) in [4.78, 5) is 24.5. The molecule has 1 aliphatic heterocycles. The van der Waals surface area contributed by atoms with Gasteiger partial charge in [0.1, 0.15) is 11.5 Å². The van der Waals surface area contributed by atoms with Gasteiger partial charge in [-0.3, -0.25) is 4.79 Å². The van der Waals surface area contributed by atoms with E-state index in [1.807, 2.05) is 13.8 Å². The third-order valence-corrected chi connectivity index (χ3v) is 3.91. The van der Waals surface area contributed by atoms with Crippen LogP contribution in [0.25, 0.3) is 0 Å². The zero-order valence-corrected chi connectivity index (χ0v) is 14.2. The Bertz CT molecular complexity index is 875. The quantitative estimate of drug-likeness (QED) is 0.449. The van der Waals surface area contributed by atoms with Gasteiger partial charge in [0.25, 0.3) is 0 Å². The average molecular weight is 343 g/mol. The van der Waals surface area contributed by atoms with E-state index in [1.54, 1.807) is 43.3 Å². The lowest BCUT2D eigenvalue weighted by Gasteiger charge is -2.08. The Labute approximate surface area is 144 Å². The smallest absolute Gasteiger partial charge is 0.343 e. The number of Topliss-reactive ketones (excluding diaryl/α,β-unsaturated/α-hetero) is 1. The van der Waals surface area contributed by atoms with Crippen molar-refractivity contribution in [1.29, 1.82) is 0 Å². The van der Waals surface area contributed by atoms with Crippen LogP contribution in [0.4, 0.5) is 0 Å². The van der Waals surface area contributed by atoms with Gasteiger partial charge in [0, 0.05) is 11.1 Å². The molecule has 0 saturated heterocycles. The molecule has 1 aliphatic rings. The van der Waals surface area contributed by atoms with Gasteiger partial charge in [-0.1, -0.05) is 11.6 Å². The van der Waals surface area contributed by atoms with E-state index in [0.29, 0.717) is 39.0 Å². The van der Waals surface area contributed by atoms with Crippen LogP contribution in [0.1, 0.15) is 40.1 Å². The Morgan fingerprint density at radius 2 is 1.79 bits per heavy atom. The summed E-state index contributed by atoms with van der Waals surface area (Å²) in [6.07, 6.45) is 0. The maximum atomic E-state index is 12.3. The lowest BCUT2D eigenvalue weighted by molar-refractivity contribution is 0.0734. The highest BCUT2D eigenvalue weighted by molar-refractivity contribution is 6.30. The van der Waals surface area contributed by atoms with Crippen molar-refractivity contribution < 1.29 is 19.1 Å². The predicted molar refractivity (Wildman–Crippen MR) is 90.9 cm³/mol. The molecule has 0 N–H and O–H groups in total. The van der Waals surface area contributed by atoms with Gasteiger partial charge in [0.2, 0.25) is 5.78 Å². The van der Waals surface area contributed by atoms with E-state index in [2.05, 4.69) is 0 Å². The van der Waals surface area contributed by atoms with Crippen molar-refractivity contribution in [3.63, 3.8) is 0 Å². The lowest BCUT2D eigenvalue weighted by atomic mass is 10.0. The molecule has 2 aromatic carbocycles. The first-order valence-corrected chi connectivity index (χ1v) is 7.77. The largest absolute Gasteiger partial charge is 0.452 e. The molecule has 24 heavy (non-hydrogen) atoms. The number of carbonyl (C=O) groups is 2. The fourth-order valence-electron chi connectivity index (χ4n) is 2.50. The molecule has 0 spiro atoms. The van der Waals surface area contributed by atoms with Gasteiger partial charge in [-0.25, -0.2) is 4.79 Å². The van der Waals surface area contributed by atoms with Gasteiger partial charge < -0.3 is 9.47 Å². The summed E-state index contributed by atoms with van der Waals surface area (Å²) in [5.41, 5.74) is 2.40. The summed E-state index contributed by atoms with van der Waals surface area (Å²) >= 11 is 5.81. The van der Waals surface area contributed by atoms with E-state index < -0.39 is 5.97 Å². The summed E-state index contributed by atoms with van der Waals surface area (Å²) in [6.45, 7) is 5.42. The van der Waals surface area contributed by atoms with E-state index in [9.17, 15) is 9.59 Å². The van der Waals surface area contributed by atoms with Gasteiger partial charge in [-0.15, -0.1) is 0 Å². The SMILES string of the molecule is CC(C)=C1Oc2cc(OC(=O)c3ccc(Cl)cc3)cc(C)c2C1=O. The van der Waals surface area contributed by atoms with Crippen LogP contribution < -0.4 is 9.47 Å². The first-order chi connectivity index (χ1) is 11.4. The molecular weight excluding hydrogens is 328 g/mol. The van der Waals surface area contributed by atoms with Crippen molar-refractivity contribution in [1.82, 2.24) is 0 Å². The van der Waals surface area contributed by atoms with Crippen LogP contribution in [0.5, 0.6) is 11.5 Å². The van der Waals surface area contributed by atoms with Crippen LogP contribution >= 0.6 is 11.6 Å². The lowest BCUT2D eigenvalue weighted by Crippen LogP contribution is -2.08. The highest BCUT2D eigenvalue weighted by atomic mass is 35.5. The number of hydrogen-bond acceptors (Lipinski definition) is 4. The number of fused-ring (bicyclic) bond motifs is 1. The molecule has 122 valence electrons. The Morgan fingerprint density at radius 3 is 2.42 bits per heavy atom. The molecule has 0 bridgehead atoms. The second-order valence-corrected chi connectivity index (χ2v) is 6.21. The number of esters is 1. The van der Waals surface area contributed by atoms with Gasteiger partial charge >= 0.3 is 5.97 Å². The summed E-state index contributed by atoms with van der Waals surface area (Å²) < 4.78 is 11.0. The number of rotatable bonds is 2. The summed E-state index contributed by atoms with van der Waals surface area (Å²) in [6, 6.07) is 9.63. The number of carbonyl (C=O) groups excluding carboxylic acids is 2. The van der Waals surface area contributed by atoms with Crippen LogP contribution in [0.15, 0.2) is 47.7 Å². The number of ether oxygens (including phenoxy) is 2. The third kappa shape index (κ3) is 2.93. The molecule has 5 heteroatoms. The van der Waals surface area contributed by atoms with E-state index in [1.165, 1.54) is 0 Å². The van der Waals surface area contributed by atoms with Crippen molar-refractivity contribution in [2.45, 2.75) is 20.8 Å².